The van der Waals surface area contributed by atoms with Gasteiger partial charge in [-0.15, -0.1) is 0 Å². The first-order valence-electron chi connectivity index (χ1n) is 2.88. The van der Waals surface area contributed by atoms with Gasteiger partial charge in [0, 0.05) is 6.04 Å². The van der Waals surface area contributed by atoms with Gasteiger partial charge in [-0.1, -0.05) is 0 Å². The summed E-state index contributed by atoms with van der Waals surface area (Å²) >= 11 is 0. The Morgan fingerprint density at radius 2 is 2.25 bits per heavy atom. The maximum atomic E-state index is 8.81. The van der Waals surface area contributed by atoms with Gasteiger partial charge in [0.15, 0.2) is 0 Å². The Bertz CT molecular complexity index is 76.8. The van der Waals surface area contributed by atoms with Crippen LogP contribution in [0.15, 0.2) is 0 Å². The maximum Gasteiger partial charge on any atom is 0.105 e. The van der Waals surface area contributed by atoms with Crippen molar-refractivity contribution in [2.75, 3.05) is 6.61 Å². The van der Waals surface area contributed by atoms with Crippen molar-refractivity contribution in [2.24, 2.45) is 0 Å². The summed E-state index contributed by atoms with van der Waals surface area (Å²) in [7, 11) is 0. The Morgan fingerprint density at radius 1 is 1.50 bits per heavy atom. The quantitative estimate of drug-likeness (QED) is 0.415. The highest BCUT2D eigenvalue weighted by atomic mass is 16.3. The zero-order valence-corrected chi connectivity index (χ0v) is 4.67. The summed E-state index contributed by atoms with van der Waals surface area (Å²) in [6.45, 7) is 0.136. The smallest absolute Gasteiger partial charge is 0.105 e. The minimum absolute atomic E-state index is 0.130. The van der Waals surface area contributed by atoms with Gasteiger partial charge in [0.2, 0.25) is 0 Å². The Morgan fingerprint density at radius 3 is 2.50 bits per heavy atom. The standard InChI is InChI=1S/C5H11NO2/c7-3-4-1-2-5(8)6-4/h4-8H,1-3H2/t4-,5?/m1/s1. The van der Waals surface area contributed by atoms with Gasteiger partial charge in [-0.05, 0) is 12.8 Å². The van der Waals surface area contributed by atoms with E-state index in [4.69, 9.17) is 10.2 Å². The summed E-state index contributed by atoms with van der Waals surface area (Å²) in [6, 6.07) is 0.130. The lowest BCUT2D eigenvalue weighted by molar-refractivity contribution is 0.144. The van der Waals surface area contributed by atoms with Crippen LogP contribution in [0.3, 0.4) is 0 Å². The van der Waals surface area contributed by atoms with Crippen LogP contribution in [0, 0.1) is 0 Å². The zero-order valence-electron chi connectivity index (χ0n) is 4.67. The second-order valence-electron chi connectivity index (χ2n) is 2.14. The molecule has 0 saturated carbocycles. The average Bonchev–Trinajstić information content (AvgIpc) is 2.14. The molecule has 0 spiro atoms. The average molecular weight is 117 g/mol. The van der Waals surface area contributed by atoms with E-state index in [1.165, 1.54) is 0 Å². The fourth-order valence-corrected chi connectivity index (χ4v) is 0.942. The summed E-state index contributed by atoms with van der Waals surface area (Å²) in [5, 5.41) is 20.1. The first-order chi connectivity index (χ1) is 3.83. The van der Waals surface area contributed by atoms with E-state index < -0.39 is 0 Å². The lowest BCUT2D eigenvalue weighted by Crippen LogP contribution is -2.31. The first kappa shape index (κ1) is 6.01. The van der Waals surface area contributed by atoms with Crippen molar-refractivity contribution < 1.29 is 10.2 Å². The molecule has 0 bridgehead atoms. The number of aliphatic hydroxyl groups excluding tert-OH is 2. The van der Waals surface area contributed by atoms with Crippen molar-refractivity contribution in [1.82, 2.24) is 5.32 Å². The molecule has 3 nitrogen and oxygen atoms in total. The van der Waals surface area contributed by atoms with Crippen LogP contribution in [0.25, 0.3) is 0 Å². The van der Waals surface area contributed by atoms with Crippen LogP contribution >= 0.6 is 0 Å². The van der Waals surface area contributed by atoms with Gasteiger partial charge in [0.05, 0.1) is 6.61 Å². The van der Waals surface area contributed by atoms with Crippen LogP contribution in [0.2, 0.25) is 0 Å². The molecule has 1 fully saturated rings. The van der Waals surface area contributed by atoms with Gasteiger partial charge in [-0.25, -0.2) is 0 Å². The molecule has 0 amide bonds. The SMILES string of the molecule is OC[C@H]1CCC(O)N1. The Balaban J connectivity index is 2.22. The third kappa shape index (κ3) is 1.18. The molecule has 1 aliphatic rings. The lowest BCUT2D eigenvalue weighted by Gasteiger charge is -2.04. The predicted octanol–water partition coefficient (Wildman–Crippen LogP) is -0.951. The molecule has 1 heterocycles. The van der Waals surface area contributed by atoms with Gasteiger partial charge in [0.25, 0.3) is 0 Å². The Kier molecular flexibility index (Phi) is 1.83. The van der Waals surface area contributed by atoms with E-state index in [1.807, 2.05) is 0 Å². The van der Waals surface area contributed by atoms with Gasteiger partial charge >= 0.3 is 0 Å². The minimum Gasteiger partial charge on any atom is -0.395 e. The van der Waals surface area contributed by atoms with E-state index in [0.717, 1.165) is 12.8 Å². The summed E-state index contributed by atoms with van der Waals surface area (Å²) < 4.78 is 0. The highest BCUT2D eigenvalue weighted by Crippen LogP contribution is 2.08. The normalized spacial score (nSPS) is 38.2. The summed E-state index contributed by atoms with van der Waals surface area (Å²) in [5.74, 6) is 0. The lowest BCUT2D eigenvalue weighted by atomic mass is 10.2. The van der Waals surface area contributed by atoms with Crippen molar-refractivity contribution in [2.45, 2.75) is 25.1 Å². The molecule has 1 aliphatic heterocycles. The molecule has 8 heavy (non-hydrogen) atoms. The van der Waals surface area contributed by atoms with Gasteiger partial charge < -0.3 is 10.2 Å². The zero-order chi connectivity index (χ0) is 5.98. The Labute approximate surface area is 48.3 Å². The van der Waals surface area contributed by atoms with Crippen LogP contribution in [0.1, 0.15) is 12.8 Å². The summed E-state index contributed by atoms with van der Waals surface area (Å²) in [4.78, 5) is 0. The van der Waals surface area contributed by atoms with E-state index in [-0.39, 0.29) is 18.9 Å². The molecular weight excluding hydrogens is 106 g/mol. The molecule has 0 aromatic rings. The molecule has 48 valence electrons. The van der Waals surface area contributed by atoms with Crippen molar-refractivity contribution in [1.29, 1.82) is 0 Å². The highest BCUT2D eigenvalue weighted by Gasteiger charge is 2.19. The largest absolute Gasteiger partial charge is 0.395 e. The fourth-order valence-electron chi connectivity index (χ4n) is 0.942. The molecule has 2 atom stereocenters. The van der Waals surface area contributed by atoms with Crippen molar-refractivity contribution in [3.05, 3.63) is 0 Å². The van der Waals surface area contributed by atoms with E-state index in [9.17, 15) is 0 Å². The number of aliphatic hydroxyl groups is 2. The van der Waals surface area contributed by atoms with E-state index >= 15 is 0 Å². The van der Waals surface area contributed by atoms with Crippen LogP contribution in [-0.4, -0.2) is 29.1 Å². The monoisotopic (exact) mass is 117 g/mol. The Hall–Kier alpha value is -0.120. The first-order valence-corrected chi connectivity index (χ1v) is 2.88. The molecular formula is C5H11NO2. The number of rotatable bonds is 1. The molecule has 0 aromatic heterocycles. The predicted molar refractivity (Wildman–Crippen MR) is 29.3 cm³/mol. The van der Waals surface area contributed by atoms with Crippen LogP contribution in [0.4, 0.5) is 0 Å². The van der Waals surface area contributed by atoms with Crippen molar-refractivity contribution >= 4 is 0 Å². The second-order valence-corrected chi connectivity index (χ2v) is 2.14. The molecule has 0 aliphatic carbocycles. The highest BCUT2D eigenvalue weighted by molar-refractivity contribution is 4.75. The summed E-state index contributed by atoms with van der Waals surface area (Å²) in [6.07, 6.45) is 1.27. The molecule has 3 heteroatoms. The number of hydrogen-bond donors (Lipinski definition) is 3. The van der Waals surface area contributed by atoms with Crippen LogP contribution in [-0.2, 0) is 0 Å². The molecule has 3 N–H and O–H groups in total. The van der Waals surface area contributed by atoms with E-state index in [1.54, 1.807) is 0 Å². The molecule has 0 aromatic carbocycles. The van der Waals surface area contributed by atoms with E-state index in [0.29, 0.717) is 0 Å². The maximum absolute atomic E-state index is 8.81. The molecule has 1 saturated heterocycles. The van der Waals surface area contributed by atoms with E-state index in [2.05, 4.69) is 5.32 Å². The van der Waals surface area contributed by atoms with Gasteiger partial charge in [-0.3, -0.25) is 5.32 Å². The third-order valence-electron chi connectivity index (χ3n) is 1.44. The summed E-state index contributed by atoms with van der Waals surface area (Å²) in [5.41, 5.74) is 0. The minimum atomic E-state index is -0.382. The third-order valence-corrected chi connectivity index (χ3v) is 1.44. The molecule has 1 unspecified atom stereocenters. The fraction of sp³-hybridized carbons (Fsp3) is 1.00. The number of hydrogen-bond acceptors (Lipinski definition) is 3. The second kappa shape index (κ2) is 2.44. The van der Waals surface area contributed by atoms with Crippen molar-refractivity contribution in [3.63, 3.8) is 0 Å². The topological polar surface area (TPSA) is 52.5 Å². The van der Waals surface area contributed by atoms with Gasteiger partial charge in [-0.2, -0.15) is 0 Å². The van der Waals surface area contributed by atoms with Crippen molar-refractivity contribution in [3.8, 4) is 0 Å². The number of nitrogens with one attached hydrogen (secondary N) is 1. The van der Waals surface area contributed by atoms with Crippen LogP contribution < -0.4 is 5.32 Å². The molecule has 1 rings (SSSR count). The molecule has 0 radical (unpaired) electrons. The van der Waals surface area contributed by atoms with Gasteiger partial charge in [0.1, 0.15) is 6.23 Å². The van der Waals surface area contributed by atoms with Crippen LogP contribution in [0.5, 0.6) is 0 Å².